The van der Waals surface area contributed by atoms with E-state index in [0.29, 0.717) is 12.3 Å². The fourth-order valence-electron chi connectivity index (χ4n) is 1.29. The van der Waals surface area contributed by atoms with Crippen LogP contribution in [0.5, 0.6) is 0 Å². The van der Waals surface area contributed by atoms with Crippen molar-refractivity contribution >= 4 is 5.91 Å². The quantitative estimate of drug-likeness (QED) is 0.773. The predicted molar refractivity (Wildman–Crippen MR) is 54.2 cm³/mol. The van der Waals surface area contributed by atoms with Crippen LogP contribution < -0.4 is 5.32 Å². The van der Waals surface area contributed by atoms with Gasteiger partial charge in [-0.1, -0.05) is 0 Å². The fraction of sp³-hybridized carbons (Fsp3) is 0.500. The Kier molecular flexibility index (Phi) is 3.71. The minimum atomic E-state index is -0.0675. The molecule has 0 aliphatic rings. The highest BCUT2D eigenvalue weighted by Crippen LogP contribution is 1.99. The number of ether oxygens (including phenoxy) is 1. The van der Waals surface area contributed by atoms with E-state index >= 15 is 0 Å². The summed E-state index contributed by atoms with van der Waals surface area (Å²) in [4.78, 5) is 11.6. The molecule has 1 aromatic rings. The molecule has 0 aliphatic heterocycles. The summed E-state index contributed by atoms with van der Waals surface area (Å²) in [5, 5.41) is 2.84. The SMILES string of the molecule is COCC(C)NC(=O)c1cccn1C. The van der Waals surface area contributed by atoms with Crippen molar-refractivity contribution in [3.63, 3.8) is 0 Å². The van der Waals surface area contributed by atoms with E-state index in [1.54, 1.807) is 17.7 Å². The minimum Gasteiger partial charge on any atom is -0.383 e. The molecule has 0 spiro atoms. The van der Waals surface area contributed by atoms with Gasteiger partial charge in [-0.15, -0.1) is 0 Å². The van der Waals surface area contributed by atoms with Gasteiger partial charge in [0.25, 0.3) is 5.91 Å². The van der Waals surface area contributed by atoms with Crippen molar-refractivity contribution in [2.24, 2.45) is 7.05 Å². The van der Waals surface area contributed by atoms with Crippen molar-refractivity contribution in [1.82, 2.24) is 9.88 Å². The lowest BCUT2D eigenvalue weighted by Gasteiger charge is -2.12. The summed E-state index contributed by atoms with van der Waals surface area (Å²) in [5.74, 6) is -0.0675. The second-order valence-electron chi connectivity index (χ2n) is 3.33. The van der Waals surface area contributed by atoms with Crippen LogP contribution in [0.15, 0.2) is 18.3 Å². The van der Waals surface area contributed by atoms with Crippen LogP contribution in [-0.4, -0.2) is 30.2 Å². The second-order valence-corrected chi connectivity index (χ2v) is 3.33. The van der Waals surface area contributed by atoms with Gasteiger partial charge >= 0.3 is 0 Å². The molecule has 1 N–H and O–H groups in total. The van der Waals surface area contributed by atoms with E-state index in [4.69, 9.17) is 4.74 Å². The molecule has 1 aromatic heterocycles. The van der Waals surface area contributed by atoms with Crippen molar-refractivity contribution in [3.05, 3.63) is 24.0 Å². The van der Waals surface area contributed by atoms with Crippen molar-refractivity contribution in [1.29, 1.82) is 0 Å². The van der Waals surface area contributed by atoms with Gasteiger partial charge in [0.1, 0.15) is 5.69 Å². The second kappa shape index (κ2) is 4.81. The number of hydrogen-bond donors (Lipinski definition) is 1. The van der Waals surface area contributed by atoms with Crippen LogP contribution >= 0.6 is 0 Å². The van der Waals surface area contributed by atoms with Gasteiger partial charge in [0.2, 0.25) is 0 Å². The molecular formula is C10H16N2O2. The van der Waals surface area contributed by atoms with E-state index in [0.717, 1.165) is 0 Å². The predicted octanol–water partition coefficient (Wildman–Crippen LogP) is 0.790. The average Bonchev–Trinajstić information content (AvgIpc) is 2.51. The van der Waals surface area contributed by atoms with Gasteiger partial charge in [0.15, 0.2) is 0 Å². The number of carbonyl (C=O) groups is 1. The molecule has 0 radical (unpaired) electrons. The normalized spacial score (nSPS) is 12.5. The zero-order chi connectivity index (χ0) is 10.6. The minimum absolute atomic E-state index is 0.0300. The van der Waals surface area contributed by atoms with E-state index < -0.39 is 0 Å². The summed E-state index contributed by atoms with van der Waals surface area (Å²) in [6, 6.07) is 3.66. The van der Waals surface area contributed by atoms with Gasteiger partial charge in [-0.3, -0.25) is 4.79 Å². The van der Waals surface area contributed by atoms with Gasteiger partial charge in [-0.05, 0) is 19.1 Å². The van der Waals surface area contributed by atoms with Crippen molar-refractivity contribution in [2.45, 2.75) is 13.0 Å². The number of methoxy groups -OCH3 is 1. The zero-order valence-corrected chi connectivity index (χ0v) is 8.78. The monoisotopic (exact) mass is 196 g/mol. The molecule has 1 rings (SSSR count). The van der Waals surface area contributed by atoms with Crippen LogP contribution in [0.25, 0.3) is 0 Å². The molecular weight excluding hydrogens is 180 g/mol. The summed E-state index contributed by atoms with van der Waals surface area (Å²) in [5.41, 5.74) is 0.660. The molecule has 1 unspecified atom stereocenters. The third kappa shape index (κ3) is 2.60. The lowest BCUT2D eigenvalue weighted by atomic mass is 10.3. The first kappa shape index (κ1) is 10.8. The van der Waals surface area contributed by atoms with Gasteiger partial charge in [0.05, 0.1) is 6.61 Å². The van der Waals surface area contributed by atoms with Gasteiger partial charge in [-0.25, -0.2) is 0 Å². The molecule has 14 heavy (non-hydrogen) atoms. The van der Waals surface area contributed by atoms with E-state index in [1.165, 1.54) is 0 Å². The Morgan fingerprint density at radius 2 is 2.43 bits per heavy atom. The largest absolute Gasteiger partial charge is 0.383 e. The molecule has 0 saturated carbocycles. The van der Waals surface area contributed by atoms with E-state index in [2.05, 4.69) is 5.32 Å². The lowest BCUT2D eigenvalue weighted by Crippen LogP contribution is -2.36. The Bertz CT molecular complexity index is 307. The zero-order valence-electron chi connectivity index (χ0n) is 8.78. The van der Waals surface area contributed by atoms with Crippen LogP contribution in [-0.2, 0) is 11.8 Å². The molecule has 78 valence electrons. The summed E-state index contributed by atoms with van der Waals surface area (Å²) < 4.78 is 6.72. The van der Waals surface area contributed by atoms with E-state index in [1.807, 2.05) is 26.2 Å². The Balaban J connectivity index is 2.55. The maximum Gasteiger partial charge on any atom is 0.268 e. The number of hydrogen-bond acceptors (Lipinski definition) is 2. The first-order chi connectivity index (χ1) is 6.65. The Morgan fingerprint density at radius 1 is 1.71 bits per heavy atom. The fourth-order valence-corrected chi connectivity index (χ4v) is 1.29. The average molecular weight is 196 g/mol. The van der Waals surface area contributed by atoms with Crippen LogP contribution in [0.4, 0.5) is 0 Å². The van der Waals surface area contributed by atoms with Crippen molar-refractivity contribution in [3.8, 4) is 0 Å². The molecule has 0 aliphatic carbocycles. The highest BCUT2D eigenvalue weighted by Gasteiger charge is 2.11. The van der Waals surface area contributed by atoms with Gasteiger partial charge in [-0.2, -0.15) is 0 Å². The number of aryl methyl sites for hydroxylation is 1. The Hall–Kier alpha value is -1.29. The van der Waals surface area contributed by atoms with Crippen LogP contribution in [0.1, 0.15) is 17.4 Å². The number of nitrogens with zero attached hydrogens (tertiary/aromatic N) is 1. The number of carbonyl (C=O) groups excluding carboxylic acids is 1. The number of nitrogens with one attached hydrogen (secondary N) is 1. The van der Waals surface area contributed by atoms with Crippen molar-refractivity contribution in [2.75, 3.05) is 13.7 Å². The van der Waals surface area contributed by atoms with Crippen molar-refractivity contribution < 1.29 is 9.53 Å². The lowest BCUT2D eigenvalue weighted by molar-refractivity contribution is 0.0897. The maximum absolute atomic E-state index is 11.6. The summed E-state index contributed by atoms with van der Waals surface area (Å²) in [6.07, 6.45) is 1.84. The third-order valence-electron chi connectivity index (χ3n) is 1.97. The molecule has 0 fully saturated rings. The van der Waals surface area contributed by atoms with Crippen LogP contribution in [0.2, 0.25) is 0 Å². The number of rotatable bonds is 4. The van der Waals surface area contributed by atoms with Crippen LogP contribution in [0.3, 0.4) is 0 Å². The summed E-state index contributed by atoms with van der Waals surface area (Å²) in [7, 11) is 3.46. The maximum atomic E-state index is 11.6. The highest BCUT2D eigenvalue weighted by molar-refractivity contribution is 5.92. The van der Waals surface area contributed by atoms with Crippen LogP contribution in [0, 0.1) is 0 Å². The smallest absolute Gasteiger partial charge is 0.268 e. The molecule has 0 aromatic carbocycles. The van der Waals surface area contributed by atoms with Gasteiger partial charge < -0.3 is 14.6 Å². The Morgan fingerprint density at radius 3 is 2.93 bits per heavy atom. The molecule has 1 amide bonds. The third-order valence-corrected chi connectivity index (χ3v) is 1.97. The topological polar surface area (TPSA) is 43.3 Å². The summed E-state index contributed by atoms with van der Waals surface area (Å²) >= 11 is 0. The first-order valence-electron chi connectivity index (χ1n) is 4.56. The standard InChI is InChI=1S/C10H16N2O2/c1-8(7-14-3)11-10(13)9-5-4-6-12(9)2/h4-6,8H,7H2,1-3H3,(H,11,13). The number of aromatic nitrogens is 1. The molecule has 1 heterocycles. The van der Waals surface area contributed by atoms with E-state index in [9.17, 15) is 4.79 Å². The highest BCUT2D eigenvalue weighted by atomic mass is 16.5. The van der Waals surface area contributed by atoms with Gasteiger partial charge in [0, 0.05) is 26.4 Å². The molecule has 0 bridgehead atoms. The first-order valence-corrected chi connectivity index (χ1v) is 4.56. The van der Waals surface area contributed by atoms with E-state index in [-0.39, 0.29) is 11.9 Å². The molecule has 1 atom stereocenters. The Labute approximate surface area is 83.9 Å². The number of amides is 1. The molecule has 4 heteroatoms. The summed E-state index contributed by atoms with van der Waals surface area (Å²) in [6.45, 7) is 2.43. The molecule has 4 nitrogen and oxygen atoms in total. The molecule has 0 saturated heterocycles.